The van der Waals surface area contributed by atoms with E-state index in [4.69, 9.17) is 4.74 Å². The van der Waals surface area contributed by atoms with Crippen molar-refractivity contribution >= 4 is 26.0 Å². The molecular weight excluding hydrogens is 324 g/mol. The zero-order chi connectivity index (χ0) is 13.4. The Balaban J connectivity index is 2.13. The number of hydrogen-bond acceptors (Lipinski definition) is 5. The van der Waals surface area contributed by atoms with E-state index >= 15 is 0 Å². The molecule has 1 saturated heterocycles. The number of ether oxygens (including phenoxy) is 1. The predicted octanol–water partition coefficient (Wildman–Crippen LogP) is 0.425. The molecule has 0 amide bonds. The van der Waals surface area contributed by atoms with E-state index < -0.39 is 15.6 Å². The number of nitrogens with one attached hydrogen (secondary N) is 1. The summed E-state index contributed by atoms with van der Waals surface area (Å²) in [6.45, 7) is 2.82. The Morgan fingerprint density at radius 3 is 2.83 bits per heavy atom. The summed E-state index contributed by atoms with van der Waals surface area (Å²) < 4.78 is 33.8. The molecule has 0 spiro atoms. The van der Waals surface area contributed by atoms with Crippen LogP contribution in [0.1, 0.15) is 19.8 Å². The minimum atomic E-state index is -3.64. The molecule has 9 heteroatoms. The van der Waals surface area contributed by atoms with E-state index in [-0.39, 0.29) is 16.2 Å². The van der Waals surface area contributed by atoms with E-state index in [9.17, 15) is 8.42 Å². The second kappa shape index (κ2) is 4.87. The molecule has 1 atom stereocenters. The second-order valence-corrected chi connectivity index (χ2v) is 6.97. The highest BCUT2D eigenvalue weighted by molar-refractivity contribution is 9.10. The van der Waals surface area contributed by atoms with Gasteiger partial charge in [0.1, 0.15) is 0 Å². The van der Waals surface area contributed by atoms with Crippen LogP contribution in [-0.4, -0.2) is 42.2 Å². The molecule has 7 nitrogen and oxygen atoms in total. The standard InChI is InChI=1S/C9H15BrN4O3S/c1-9(4-3-5-17-9)6-11-18(15,16)8-7(10)12-13-14(8)2/h11H,3-6H2,1-2H3. The molecule has 0 aromatic carbocycles. The van der Waals surface area contributed by atoms with Crippen molar-refractivity contribution in [2.24, 2.45) is 7.05 Å². The zero-order valence-electron chi connectivity index (χ0n) is 10.2. The van der Waals surface area contributed by atoms with Gasteiger partial charge >= 0.3 is 0 Å². The van der Waals surface area contributed by atoms with Crippen LogP contribution in [0.2, 0.25) is 0 Å². The number of nitrogens with zero attached hydrogens (tertiary/aromatic N) is 3. The zero-order valence-corrected chi connectivity index (χ0v) is 12.6. The topological polar surface area (TPSA) is 86.1 Å². The van der Waals surface area contributed by atoms with Crippen LogP contribution in [0.25, 0.3) is 0 Å². The minimum absolute atomic E-state index is 0.0177. The lowest BCUT2D eigenvalue weighted by Crippen LogP contribution is -2.40. The highest BCUT2D eigenvalue weighted by Crippen LogP contribution is 2.25. The maximum atomic E-state index is 12.1. The van der Waals surface area contributed by atoms with Gasteiger partial charge in [-0.15, -0.1) is 5.10 Å². The molecule has 0 saturated carbocycles. The van der Waals surface area contributed by atoms with Crippen LogP contribution < -0.4 is 4.72 Å². The Labute approximate surface area is 114 Å². The molecule has 2 rings (SSSR count). The SMILES string of the molecule is Cn1nnc(Br)c1S(=O)(=O)NCC1(C)CCCO1. The summed E-state index contributed by atoms with van der Waals surface area (Å²) in [6, 6.07) is 0. The summed E-state index contributed by atoms with van der Waals surface area (Å²) in [5.74, 6) is 0. The minimum Gasteiger partial charge on any atom is -0.374 e. The van der Waals surface area contributed by atoms with Crippen LogP contribution >= 0.6 is 15.9 Å². The molecule has 1 N–H and O–H groups in total. The van der Waals surface area contributed by atoms with Gasteiger partial charge in [-0.3, -0.25) is 0 Å². The number of aromatic nitrogens is 3. The Kier molecular flexibility index (Phi) is 3.77. The Hall–Kier alpha value is -0.510. The Morgan fingerprint density at radius 1 is 1.61 bits per heavy atom. The summed E-state index contributed by atoms with van der Waals surface area (Å²) >= 11 is 3.07. The third-order valence-corrected chi connectivity index (χ3v) is 5.22. The van der Waals surface area contributed by atoms with Crippen LogP contribution in [-0.2, 0) is 21.8 Å². The number of rotatable bonds is 4. The number of aryl methyl sites for hydroxylation is 1. The lowest BCUT2D eigenvalue weighted by atomic mass is 10.0. The molecule has 1 aromatic heterocycles. The molecule has 1 fully saturated rings. The first-order chi connectivity index (χ1) is 8.34. The summed E-state index contributed by atoms with van der Waals surface area (Å²) in [5.41, 5.74) is -0.425. The Bertz CT molecular complexity index is 517. The molecule has 1 unspecified atom stereocenters. The maximum absolute atomic E-state index is 12.1. The largest absolute Gasteiger partial charge is 0.374 e. The Morgan fingerprint density at radius 2 is 2.33 bits per heavy atom. The molecule has 102 valence electrons. The smallest absolute Gasteiger partial charge is 0.260 e. The monoisotopic (exact) mass is 338 g/mol. The van der Waals surface area contributed by atoms with Crippen LogP contribution in [0.4, 0.5) is 0 Å². The third kappa shape index (κ3) is 2.73. The van der Waals surface area contributed by atoms with E-state index in [1.807, 2.05) is 6.92 Å². The highest BCUT2D eigenvalue weighted by Gasteiger charge is 2.33. The van der Waals surface area contributed by atoms with Crippen LogP contribution in [0.5, 0.6) is 0 Å². The van der Waals surface area contributed by atoms with E-state index in [1.54, 1.807) is 0 Å². The van der Waals surface area contributed by atoms with Crippen molar-refractivity contribution in [2.75, 3.05) is 13.2 Å². The van der Waals surface area contributed by atoms with Gasteiger partial charge in [0.25, 0.3) is 10.0 Å². The lowest BCUT2D eigenvalue weighted by molar-refractivity contribution is 0.0250. The van der Waals surface area contributed by atoms with Gasteiger partial charge in [-0.2, -0.15) is 0 Å². The van der Waals surface area contributed by atoms with Gasteiger partial charge in [0.15, 0.2) is 4.60 Å². The van der Waals surface area contributed by atoms with E-state index in [0.29, 0.717) is 6.61 Å². The summed E-state index contributed by atoms with van der Waals surface area (Å²) in [5, 5.41) is 7.33. The highest BCUT2D eigenvalue weighted by atomic mass is 79.9. The molecule has 0 aliphatic carbocycles. The normalized spacial score (nSPS) is 24.6. The number of halogens is 1. The molecular formula is C9H15BrN4O3S. The van der Waals surface area contributed by atoms with Crippen molar-refractivity contribution in [3.63, 3.8) is 0 Å². The van der Waals surface area contributed by atoms with Gasteiger partial charge in [-0.05, 0) is 35.7 Å². The first-order valence-electron chi connectivity index (χ1n) is 5.53. The van der Waals surface area contributed by atoms with E-state index in [0.717, 1.165) is 12.8 Å². The quantitative estimate of drug-likeness (QED) is 0.860. The van der Waals surface area contributed by atoms with Gasteiger partial charge in [0, 0.05) is 20.2 Å². The molecule has 0 radical (unpaired) electrons. The van der Waals surface area contributed by atoms with Gasteiger partial charge in [-0.1, -0.05) is 5.21 Å². The molecule has 1 aromatic rings. The molecule has 0 bridgehead atoms. The fourth-order valence-electron chi connectivity index (χ4n) is 1.90. The summed E-state index contributed by atoms with van der Waals surface area (Å²) in [6.07, 6.45) is 1.80. The average Bonchev–Trinajstić information content (AvgIpc) is 2.85. The predicted molar refractivity (Wildman–Crippen MR) is 67.5 cm³/mol. The first kappa shape index (κ1) is 13.9. The number of hydrogen-bond donors (Lipinski definition) is 1. The third-order valence-electron chi connectivity index (χ3n) is 2.93. The van der Waals surface area contributed by atoms with Crippen molar-refractivity contribution in [1.82, 2.24) is 19.7 Å². The molecule has 1 aliphatic rings. The van der Waals surface area contributed by atoms with Crippen molar-refractivity contribution in [1.29, 1.82) is 0 Å². The van der Waals surface area contributed by atoms with Crippen LogP contribution in [0.15, 0.2) is 9.63 Å². The molecule has 1 aliphatic heterocycles. The van der Waals surface area contributed by atoms with Crippen LogP contribution in [0, 0.1) is 0 Å². The van der Waals surface area contributed by atoms with Crippen molar-refractivity contribution in [3.05, 3.63) is 4.60 Å². The average molecular weight is 339 g/mol. The lowest BCUT2D eigenvalue weighted by Gasteiger charge is -2.23. The van der Waals surface area contributed by atoms with E-state index in [1.165, 1.54) is 11.7 Å². The maximum Gasteiger partial charge on any atom is 0.260 e. The van der Waals surface area contributed by atoms with Gasteiger partial charge < -0.3 is 4.74 Å². The molecule has 18 heavy (non-hydrogen) atoms. The summed E-state index contributed by atoms with van der Waals surface area (Å²) in [7, 11) is -2.11. The van der Waals surface area contributed by atoms with Crippen molar-refractivity contribution in [3.8, 4) is 0 Å². The van der Waals surface area contributed by atoms with Gasteiger partial charge in [-0.25, -0.2) is 17.8 Å². The van der Waals surface area contributed by atoms with Crippen LogP contribution in [0.3, 0.4) is 0 Å². The second-order valence-electron chi connectivity index (χ2n) is 4.54. The van der Waals surface area contributed by atoms with Gasteiger partial charge in [0.05, 0.1) is 5.60 Å². The first-order valence-corrected chi connectivity index (χ1v) is 7.80. The molecule has 2 heterocycles. The number of sulfonamides is 1. The van der Waals surface area contributed by atoms with E-state index in [2.05, 4.69) is 31.0 Å². The van der Waals surface area contributed by atoms with Gasteiger partial charge in [0.2, 0.25) is 5.03 Å². The fourth-order valence-corrected chi connectivity index (χ4v) is 4.15. The fraction of sp³-hybridized carbons (Fsp3) is 0.778. The van der Waals surface area contributed by atoms with Crippen molar-refractivity contribution in [2.45, 2.75) is 30.4 Å². The van der Waals surface area contributed by atoms with Crippen molar-refractivity contribution < 1.29 is 13.2 Å². The summed E-state index contributed by atoms with van der Waals surface area (Å²) in [4.78, 5) is 0.